The van der Waals surface area contributed by atoms with Crippen LogP contribution in [0.15, 0.2) is 51.9 Å². The lowest BCUT2D eigenvalue weighted by Crippen LogP contribution is -2.38. The third-order valence-electron chi connectivity index (χ3n) is 5.93. The van der Waals surface area contributed by atoms with E-state index in [0.29, 0.717) is 43.0 Å². The molecule has 1 fully saturated rings. The van der Waals surface area contributed by atoms with Crippen LogP contribution in [0.3, 0.4) is 0 Å². The molecule has 0 bridgehead atoms. The van der Waals surface area contributed by atoms with Crippen LogP contribution < -0.4 is 5.32 Å². The number of aryl methyl sites for hydroxylation is 1. The molecule has 1 N–H and O–H groups in total. The highest BCUT2D eigenvalue weighted by molar-refractivity contribution is 7.11. The van der Waals surface area contributed by atoms with E-state index in [-0.39, 0.29) is 16.7 Å². The van der Waals surface area contributed by atoms with Gasteiger partial charge in [0.05, 0.1) is 5.51 Å². The monoisotopic (exact) mass is 503 g/mol. The Kier molecular flexibility index (Phi) is 7.11. The fraction of sp³-hybridized carbons (Fsp3) is 0.320. The number of benzene rings is 1. The second-order valence-electron chi connectivity index (χ2n) is 8.45. The largest absolute Gasteiger partial charge is 0.462 e. The van der Waals surface area contributed by atoms with E-state index in [9.17, 15) is 22.8 Å². The Morgan fingerprint density at radius 2 is 1.83 bits per heavy atom. The first-order chi connectivity index (χ1) is 16.6. The van der Waals surface area contributed by atoms with Crippen molar-refractivity contribution in [3.8, 4) is 0 Å². The number of anilines is 1. The topological polar surface area (TPSA) is 75.4 Å². The second-order valence-corrected chi connectivity index (χ2v) is 9.30. The van der Waals surface area contributed by atoms with Crippen LogP contribution in [-0.2, 0) is 11.0 Å². The lowest BCUT2D eigenvalue weighted by Gasteiger charge is -2.32. The van der Waals surface area contributed by atoms with Gasteiger partial charge in [-0.3, -0.25) is 9.59 Å². The standard InChI is InChI=1S/C25H24F3N3O3S/c1-15(13-20-8-3-16(2)34-20)23(32)30-19-6-4-17(5-7-19)18-9-11-31(12-10-18)24(33)21-22(25(26,27)28)29-14-35-21/h3-8,13-14,18H,9-12H2,1-2H3,(H,30,32)/b15-13+. The van der Waals surface area contributed by atoms with Gasteiger partial charge < -0.3 is 14.6 Å². The van der Waals surface area contributed by atoms with E-state index in [0.717, 1.165) is 28.2 Å². The molecule has 35 heavy (non-hydrogen) atoms. The molecule has 1 aliphatic heterocycles. The van der Waals surface area contributed by atoms with Gasteiger partial charge >= 0.3 is 6.18 Å². The molecule has 3 heterocycles. The number of nitrogens with one attached hydrogen (secondary N) is 1. The maximum Gasteiger partial charge on any atom is 0.434 e. The van der Waals surface area contributed by atoms with Gasteiger partial charge in [0, 0.05) is 24.4 Å². The van der Waals surface area contributed by atoms with Crippen LogP contribution in [0.1, 0.15) is 58.1 Å². The molecule has 10 heteroatoms. The van der Waals surface area contributed by atoms with Crippen LogP contribution >= 0.6 is 11.3 Å². The van der Waals surface area contributed by atoms with Crippen molar-refractivity contribution in [2.75, 3.05) is 18.4 Å². The summed E-state index contributed by atoms with van der Waals surface area (Å²) in [7, 11) is 0. The molecular weight excluding hydrogens is 479 g/mol. The highest BCUT2D eigenvalue weighted by Gasteiger charge is 2.39. The van der Waals surface area contributed by atoms with E-state index >= 15 is 0 Å². The molecule has 0 radical (unpaired) electrons. The SMILES string of the molecule is C/C(=C\c1ccc(C)o1)C(=O)Nc1ccc(C2CCN(C(=O)c3scnc3C(F)(F)F)CC2)cc1. The normalized spacial score (nSPS) is 15.3. The van der Waals surface area contributed by atoms with Crippen LogP contribution in [0.5, 0.6) is 0 Å². The summed E-state index contributed by atoms with van der Waals surface area (Å²) in [5, 5.41) is 2.86. The molecule has 1 aliphatic rings. The summed E-state index contributed by atoms with van der Waals surface area (Å²) in [6.07, 6.45) is -1.69. The molecule has 1 aromatic carbocycles. The summed E-state index contributed by atoms with van der Waals surface area (Å²) < 4.78 is 44.7. The molecular formula is C25H24F3N3O3S. The van der Waals surface area contributed by atoms with Gasteiger partial charge in [-0.2, -0.15) is 13.2 Å². The number of alkyl halides is 3. The zero-order valence-electron chi connectivity index (χ0n) is 19.2. The molecule has 3 aromatic rings. The smallest absolute Gasteiger partial charge is 0.434 e. The molecule has 0 atom stereocenters. The number of furan rings is 1. The predicted octanol–water partition coefficient (Wildman–Crippen LogP) is 6.13. The first kappa shape index (κ1) is 24.7. The molecule has 1 saturated heterocycles. The van der Waals surface area contributed by atoms with Crippen molar-refractivity contribution < 1.29 is 27.2 Å². The number of thiazole rings is 1. The van der Waals surface area contributed by atoms with Crippen molar-refractivity contribution in [2.24, 2.45) is 0 Å². The quantitative estimate of drug-likeness (QED) is 0.426. The van der Waals surface area contributed by atoms with Crippen molar-refractivity contribution in [1.82, 2.24) is 9.88 Å². The Hall–Kier alpha value is -3.40. The zero-order chi connectivity index (χ0) is 25.2. The molecule has 0 aliphatic carbocycles. The average molecular weight is 504 g/mol. The fourth-order valence-electron chi connectivity index (χ4n) is 4.04. The zero-order valence-corrected chi connectivity index (χ0v) is 20.0. The number of halogens is 3. The molecule has 2 amide bonds. The highest BCUT2D eigenvalue weighted by atomic mass is 32.1. The van der Waals surface area contributed by atoms with Crippen molar-refractivity contribution in [3.63, 3.8) is 0 Å². The van der Waals surface area contributed by atoms with E-state index in [2.05, 4.69) is 10.3 Å². The van der Waals surface area contributed by atoms with Gasteiger partial charge in [-0.15, -0.1) is 11.3 Å². The molecule has 2 aromatic heterocycles. The first-order valence-corrected chi connectivity index (χ1v) is 12.0. The first-order valence-electron chi connectivity index (χ1n) is 11.1. The van der Waals surface area contributed by atoms with Crippen LogP contribution in [0.25, 0.3) is 6.08 Å². The third-order valence-corrected chi connectivity index (χ3v) is 6.74. The highest BCUT2D eigenvalue weighted by Crippen LogP contribution is 2.35. The molecule has 184 valence electrons. The number of amides is 2. The summed E-state index contributed by atoms with van der Waals surface area (Å²) >= 11 is 0.719. The summed E-state index contributed by atoms with van der Waals surface area (Å²) in [4.78, 5) is 29.5. The molecule has 0 unspecified atom stereocenters. The Morgan fingerprint density at radius 3 is 2.43 bits per heavy atom. The van der Waals surface area contributed by atoms with Crippen molar-refractivity contribution in [3.05, 3.63) is 75.1 Å². The second kappa shape index (κ2) is 10.1. The van der Waals surface area contributed by atoms with Gasteiger partial charge in [0.25, 0.3) is 11.8 Å². The van der Waals surface area contributed by atoms with Gasteiger partial charge in [-0.1, -0.05) is 12.1 Å². The number of rotatable bonds is 5. The number of aromatic nitrogens is 1. The minimum absolute atomic E-state index is 0.177. The number of hydrogen-bond acceptors (Lipinski definition) is 5. The van der Waals surface area contributed by atoms with Crippen molar-refractivity contribution >= 4 is 34.9 Å². The van der Waals surface area contributed by atoms with E-state index in [1.807, 2.05) is 37.3 Å². The van der Waals surface area contributed by atoms with Crippen molar-refractivity contribution in [1.29, 1.82) is 0 Å². The fourth-order valence-corrected chi connectivity index (χ4v) is 4.81. The Morgan fingerprint density at radius 1 is 1.14 bits per heavy atom. The number of piperidine rings is 1. The van der Waals surface area contributed by atoms with E-state index in [1.54, 1.807) is 19.1 Å². The summed E-state index contributed by atoms with van der Waals surface area (Å²) in [6.45, 7) is 4.28. The molecule has 0 spiro atoms. The average Bonchev–Trinajstić information content (AvgIpc) is 3.48. The molecule has 4 rings (SSSR count). The summed E-state index contributed by atoms with van der Waals surface area (Å²) in [5.74, 6) is 0.700. The number of likely N-dealkylation sites (tertiary alicyclic amines) is 1. The number of nitrogens with zero attached hydrogens (tertiary/aromatic N) is 2. The van der Waals surface area contributed by atoms with Gasteiger partial charge in [0.1, 0.15) is 16.4 Å². The van der Waals surface area contributed by atoms with Gasteiger partial charge in [-0.05, 0) is 68.5 Å². The maximum atomic E-state index is 13.1. The number of carbonyl (C=O) groups excluding carboxylic acids is 2. The van der Waals surface area contributed by atoms with Gasteiger partial charge in [-0.25, -0.2) is 4.98 Å². The van der Waals surface area contributed by atoms with Crippen LogP contribution in [-0.4, -0.2) is 34.8 Å². The van der Waals surface area contributed by atoms with Crippen LogP contribution in [0, 0.1) is 6.92 Å². The predicted molar refractivity (Wildman–Crippen MR) is 127 cm³/mol. The Labute approximate surface area is 204 Å². The number of hydrogen-bond donors (Lipinski definition) is 1. The van der Waals surface area contributed by atoms with E-state index in [1.165, 1.54) is 4.90 Å². The Balaban J connectivity index is 1.33. The van der Waals surface area contributed by atoms with Gasteiger partial charge in [0.2, 0.25) is 0 Å². The van der Waals surface area contributed by atoms with Crippen LogP contribution in [0.2, 0.25) is 0 Å². The lowest BCUT2D eigenvalue weighted by molar-refractivity contribution is -0.141. The maximum absolute atomic E-state index is 13.1. The lowest BCUT2D eigenvalue weighted by atomic mass is 9.89. The summed E-state index contributed by atoms with van der Waals surface area (Å²) in [5.41, 5.74) is 2.16. The molecule has 0 saturated carbocycles. The minimum atomic E-state index is -4.65. The van der Waals surface area contributed by atoms with E-state index < -0.39 is 17.8 Å². The third kappa shape index (κ3) is 5.82. The van der Waals surface area contributed by atoms with E-state index in [4.69, 9.17) is 4.42 Å². The van der Waals surface area contributed by atoms with Gasteiger partial charge in [0.15, 0.2) is 5.69 Å². The molecule has 6 nitrogen and oxygen atoms in total. The van der Waals surface area contributed by atoms with Crippen LogP contribution in [0.4, 0.5) is 18.9 Å². The summed E-state index contributed by atoms with van der Waals surface area (Å²) in [6, 6.07) is 11.1. The minimum Gasteiger partial charge on any atom is -0.462 e. The number of carbonyl (C=O) groups is 2. The Bertz CT molecular complexity index is 1240. The van der Waals surface area contributed by atoms with Crippen molar-refractivity contribution in [2.45, 2.75) is 38.8 Å².